The third kappa shape index (κ3) is 4.16. The van der Waals surface area contributed by atoms with Crippen molar-refractivity contribution in [3.05, 3.63) is 52.3 Å². The molecule has 0 radical (unpaired) electrons. The predicted octanol–water partition coefficient (Wildman–Crippen LogP) is 3.19. The number of piperidine rings is 1. The van der Waals surface area contributed by atoms with E-state index in [1.54, 1.807) is 6.92 Å². The van der Waals surface area contributed by atoms with Gasteiger partial charge in [-0.3, -0.25) is 14.4 Å². The van der Waals surface area contributed by atoms with Crippen LogP contribution >= 0.6 is 0 Å². The van der Waals surface area contributed by atoms with Gasteiger partial charge in [0, 0.05) is 56.4 Å². The summed E-state index contributed by atoms with van der Waals surface area (Å²) < 4.78 is 8.36. The first kappa shape index (κ1) is 22.1. The minimum absolute atomic E-state index is 0.0543. The van der Waals surface area contributed by atoms with Gasteiger partial charge in [-0.25, -0.2) is 0 Å². The second-order valence-electron chi connectivity index (χ2n) is 9.12. The zero-order chi connectivity index (χ0) is 23.0. The maximum Gasteiger partial charge on any atom is 0.255 e. The summed E-state index contributed by atoms with van der Waals surface area (Å²) in [5.41, 5.74) is 3.71. The summed E-state index contributed by atoms with van der Waals surface area (Å²) in [6.07, 6.45) is 3.68. The molecule has 0 saturated carbocycles. The molecule has 1 aromatic heterocycles. The molecule has 0 unspecified atom stereocenters. The monoisotopic (exact) mass is 437 g/mol. The van der Waals surface area contributed by atoms with Crippen molar-refractivity contribution in [2.45, 2.75) is 59.1 Å². The molecule has 2 aliphatic heterocycles. The van der Waals surface area contributed by atoms with E-state index in [4.69, 9.17) is 4.74 Å². The van der Waals surface area contributed by atoms with E-state index < -0.39 is 5.60 Å². The number of aryl methyl sites for hydroxylation is 3. The second kappa shape index (κ2) is 8.45. The van der Waals surface area contributed by atoms with E-state index in [1.165, 1.54) is 0 Å². The zero-order valence-corrected chi connectivity index (χ0v) is 19.3. The number of amides is 2. The molecule has 1 N–H and O–H groups in total. The molecule has 0 aliphatic carbocycles. The molecule has 7 nitrogen and oxygen atoms in total. The number of aromatic nitrogens is 1. The third-order valence-corrected chi connectivity index (χ3v) is 6.76. The lowest BCUT2D eigenvalue weighted by molar-refractivity contribution is -0.134. The van der Waals surface area contributed by atoms with Crippen molar-refractivity contribution < 1.29 is 19.1 Å². The Hall–Kier alpha value is -3.09. The number of hydrogen-bond donors (Lipinski definition) is 1. The minimum atomic E-state index is -0.489. The first-order valence-corrected chi connectivity index (χ1v) is 11.2. The lowest BCUT2D eigenvalue weighted by Gasteiger charge is -2.41. The Morgan fingerprint density at radius 1 is 1.16 bits per heavy atom. The molecule has 1 fully saturated rings. The topological polar surface area (TPSA) is 80.6 Å². The third-order valence-electron chi connectivity index (χ3n) is 6.76. The quantitative estimate of drug-likeness (QED) is 0.745. The fraction of sp³-hybridized carbons (Fsp3) is 0.480. The van der Waals surface area contributed by atoms with Gasteiger partial charge in [0.1, 0.15) is 11.4 Å². The number of rotatable bonds is 4. The van der Waals surface area contributed by atoms with Crippen molar-refractivity contribution in [3.63, 3.8) is 0 Å². The molecule has 1 saturated heterocycles. The Morgan fingerprint density at radius 3 is 2.53 bits per heavy atom. The zero-order valence-electron chi connectivity index (χ0n) is 19.3. The summed E-state index contributed by atoms with van der Waals surface area (Å²) in [7, 11) is 0. The predicted molar refractivity (Wildman–Crippen MR) is 121 cm³/mol. The highest BCUT2D eigenvalue weighted by Crippen LogP contribution is 2.33. The smallest absolute Gasteiger partial charge is 0.255 e. The molecule has 1 aromatic carbocycles. The maximum atomic E-state index is 12.9. The molecular weight excluding hydrogens is 406 g/mol. The molecule has 0 atom stereocenters. The van der Waals surface area contributed by atoms with Gasteiger partial charge in [0.05, 0.1) is 12.1 Å². The van der Waals surface area contributed by atoms with Gasteiger partial charge in [0.2, 0.25) is 5.91 Å². The highest BCUT2D eigenvalue weighted by molar-refractivity contribution is 5.97. The van der Waals surface area contributed by atoms with Crippen LogP contribution in [0.4, 0.5) is 0 Å². The molecule has 1 spiro atoms. The van der Waals surface area contributed by atoms with Crippen LogP contribution in [0.25, 0.3) is 0 Å². The number of nitrogens with one attached hydrogen (secondary N) is 1. The van der Waals surface area contributed by atoms with Crippen molar-refractivity contribution in [2.24, 2.45) is 0 Å². The first-order chi connectivity index (χ1) is 15.2. The molecule has 2 aromatic rings. The maximum absolute atomic E-state index is 12.9. The highest BCUT2D eigenvalue weighted by Gasteiger charge is 2.40. The number of Topliss-reactive ketones (excluding diaryl/α,β-unsaturated/α-hetero) is 1. The second-order valence-corrected chi connectivity index (χ2v) is 9.12. The summed E-state index contributed by atoms with van der Waals surface area (Å²) in [6, 6.07) is 5.67. The van der Waals surface area contributed by atoms with Crippen molar-refractivity contribution in [2.75, 3.05) is 19.6 Å². The number of benzene rings is 1. The molecule has 32 heavy (non-hydrogen) atoms. The number of ether oxygens (including phenoxy) is 1. The molecule has 3 heterocycles. The number of likely N-dealkylation sites (tertiary alicyclic amines) is 1. The summed E-state index contributed by atoms with van der Waals surface area (Å²) in [6.45, 7) is 9.57. The van der Waals surface area contributed by atoms with Gasteiger partial charge in [0.25, 0.3) is 5.91 Å². The van der Waals surface area contributed by atoms with Crippen LogP contribution in [0.15, 0.2) is 24.4 Å². The van der Waals surface area contributed by atoms with Gasteiger partial charge < -0.3 is 19.5 Å². The SMILES string of the molecule is CC(=O)c1c(C)cn(CCC(=O)N2CCC3(CC2)CNC(=O)c2cc(C)ccc2O3)c1C. The fourth-order valence-corrected chi connectivity index (χ4v) is 4.92. The van der Waals surface area contributed by atoms with Crippen LogP contribution in [-0.4, -0.2) is 52.3 Å². The molecule has 7 heteroatoms. The van der Waals surface area contributed by atoms with Crippen LogP contribution in [0.3, 0.4) is 0 Å². The average Bonchev–Trinajstić information content (AvgIpc) is 2.97. The van der Waals surface area contributed by atoms with Crippen LogP contribution in [-0.2, 0) is 11.3 Å². The molecule has 170 valence electrons. The van der Waals surface area contributed by atoms with E-state index in [0.29, 0.717) is 56.8 Å². The van der Waals surface area contributed by atoms with Crippen molar-refractivity contribution in [1.82, 2.24) is 14.8 Å². The molecule has 2 amide bonds. The van der Waals surface area contributed by atoms with E-state index in [2.05, 4.69) is 5.32 Å². The Balaban J connectivity index is 1.38. The minimum Gasteiger partial charge on any atom is -0.484 e. The average molecular weight is 438 g/mol. The lowest BCUT2D eigenvalue weighted by atomic mass is 9.90. The van der Waals surface area contributed by atoms with Gasteiger partial charge in [-0.2, -0.15) is 0 Å². The van der Waals surface area contributed by atoms with Gasteiger partial charge in [0.15, 0.2) is 5.78 Å². The van der Waals surface area contributed by atoms with Gasteiger partial charge in [-0.1, -0.05) is 11.6 Å². The van der Waals surface area contributed by atoms with Crippen molar-refractivity contribution in [3.8, 4) is 5.75 Å². The van der Waals surface area contributed by atoms with Gasteiger partial charge in [-0.05, 0) is 45.4 Å². The number of ketones is 1. The van der Waals surface area contributed by atoms with E-state index in [-0.39, 0.29) is 17.6 Å². The van der Waals surface area contributed by atoms with Crippen LogP contribution in [0.1, 0.15) is 63.7 Å². The molecule has 0 bridgehead atoms. The van der Waals surface area contributed by atoms with Crippen molar-refractivity contribution >= 4 is 17.6 Å². The number of nitrogens with zero attached hydrogens (tertiary/aromatic N) is 2. The summed E-state index contributed by atoms with van der Waals surface area (Å²) in [5, 5.41) is 3.00. The van der Waals surface area contributed by atoms with E-state index in [1.807, 2.05) is 54.6 Å². The Bertz CT molecular complexity index is 1080. The highest BCUT2D eigenvalue weighted by atomic mass is 16.5. The van der Waals surface area contributed by atoms with Crippen molar-refractivity contribution in [1.29, 1.82) is 0 Å². The molecule has 2 aliphatic rings. The van der Waals surface area contributed by atoms with E-state index in [0.717, 1.165) is 22.4 Å². The summed E-state index contributed by atoms with van der Waals surface area (Å²) in [5.74, 6) is 0.661. The Kier molecular flexibility index (Phi) is 5.84. The van der Waals surface area contributed by atoms with Gasteiger partial charge in [-0.15, -0.1) is 0 Å². The van der Waals surface area contributed by atoms with E-state index >= 15 is 0 Å². The Morgan fingerprint density at radius 2 is 1.88 bits per heavy atom. The normalized spacial score (nSPS) is 17.4. The number of carbonyl (C=O) groups excluding carboxylic acids is 3. The fourth-order valence-electron chi connectivity index (χ4n) is 4.92. The van der Waals surface area contributed by atoms with Crippen LogP contribution in [0, 0.1) is 20.8 Å². The van der Waals surface area contributed by atoms with Crippen LogP contribution in [0.5, 0.6) is 5.75 Å². The van der Waals surface area contributed by atoms with Crippen LogP contribution in [0.2, 0.25) is 0 Å². The molecular formula is C25H31N3O4. The number of fused-ring (bicyclic) bond motifs is 1. The van der Waals surface area contributed by atoms with Crippen LogP contribution < -0.4 is 10.1 Å². The summed E-state index contributed by atoms with van der Waals surface area (Å²) in [4.78, 5) is 39.1. The number of hydrogen-bond acceptors (Lipinski definition) is 4. The number of carbonyl (C=O) groups is 3. The van der Waals surface area contributed by atoms with Gasteiger partial charge >= 0.3 is 0 Å². The largest absolute Gasteiger partial charge is 0.484 e. The Labute approximate surface area is 188 Å². The first-order valence-electron chi connectivity index (χ1n) is 11.2. The summed E-state index contributed by atoms with van der Waals surface area (Å²) >= 11 is 0. The molecule has 4 rings (SSSR count). The lowest BCUT2D eigenvalue weighted by Crippen LogP contribution is -2.54. The standard InChI is InChI=1S/C25H31N3O4/c1-16-5-6-21-20(13-16)24(31)26-15-25(32-21)8-11-27(12-9-25)22(30)7-10-28-14-17(2)23(18(28)3)19(4)29/h5-6,13-14H,7-12,15H2,1-4H3,(H,26,31). The van der Waals surface area contributed by atoms with E-state index in [9.17, 15) is 14.4 Å².